The molecular formula is C12H15BrNO2S-. The van der Waals surface area contributed by atoms with Crippen molar-refractivity contribution in [2.75, 3.05) is 6.54 Å². The van der Waals surface area contributed by atoms with Crippen LogP contribution in [0.2, 0.25) is 0 Å². The first-order chi connectivity index (χ1) is 7.95. The summed E-state index contributed by atoms with van der Waals surface area (Å²) >= 11 is 3.20. The zero-order chi connectivity index (χ0) is 12.9. The summed E-state index contributed by atoms with van der Waals surface area (Å²) in [6, 6.07) is 6.71. The molecule has 17 heavy (non-hydrogen) atoms. The lowest BCUT2D eigenvalue weighted by Crippen LogP contribution is -2.01. The minimum absolute atomic E-state index is 0.253. The van der Waals surface area contributed by atoms with Crippen LogP contribution in [-0.4, -0.2) is 15.0 Å². The van der Waals surface area contributed by atoms with Gasteiger partial charge in [0.15, 0.2) is 0 Å². The van der Waals surface area contributed by atoms with Gasteiger partial charge in [0.05, 0.1) is 0 Å². The number of hydrogen-bond donors (Lipinski definition) is 0. The number of aryl methyl sites for hydroxylation is 1. The van der Waals surface area contributed by atoms with Crippen molar-refractivity contribution in [3.63, 3.8) is 0 Å². The van der Waals surface area contributed by atoms with Crippen LogP contribution in [0.3, 0.4) is 0 Å². The van der Waals surface area contributed by atoms with E-state index in [0.717, 1.165) is 11.1 Å². The first-order valence-corrected chi connectivity index (χ1v) is 7.57. The van der Waals surface area contributed by atoms with Crippen LogP contribution >= 0.6 is 15.9 Å². The summed E-state index contributed by atoms with van der Waals surface area (Å²) in [7, 11) is -3.50. The van der Waals surface area contributed by atoms with Gasteiger partial charge in [0, 0.05) is 4.90 Å². The molecule has 1 aromatic rings. The topological polar surface area (TPSA) is 48.2 Å². The molecule has 1 rings (SSSR count). The Labute approximate surface area is 111 Å². The largest absolute Gasteiger partial charge is 0.544 e. The van der Waals surface area contributed by atoms with E-state index in [2.05, 4.69) is 20.7 Å². The van der Waals surface area contributed by atoms with Gasteiger partial charge >= 0.3 is 0 Å². The van der Waals surface area contributed by atoms with Gasteiger partial charge in [0.2, 0.25) is 0 Å². The van der Waals surface area contributed by atoms with Gasteiger partial charge in [-0.1, -0.05) is 39.2 Å². The lowest BCUT2D eigenvalue weighted by Gasteiger charge is -2.20. The number of rotatable bonds is 5. The molecule has 0 spiro atoms. The Morgan fingerprint density at radius 3 is 2.47 bits per heavy atom. The fourth-order valence-corrected chi connectivity index (χ4v) is 2.37. The molecule has 0 N–H and O–H groups in total. The van der Waals surface area contributed by atoms with Crippen molar-refractivity contribution < 1.29 is 8.42 Å². The smallest absolute Gasteiger partial charge is 0.101 e. The second kappa shape index (κ2) is 6.33. The van der Waals surface area contributed by atoms with Crippen LogP contribution in [0, 0.1) is 6.92 Å². The van der Waals surface area contributed by atoms with Crippen molar-refractivity contribution in [3.8, 4) is 0 Å². The summed E-state index contributed by atoms with van der Waals surface area (Å²) in [4.78, 5) is 2.03. The molecule has 5 heteroatoms. The van der Waals surface area contributed by atoms with E-state index in [4.69, 9.17) is 0 Å². The van der Waals surface area contributed by atoms with Crippen molar-refractivity contribution in [3.05, 3.63) is 45.1 Å². The normalized spacial score (nSPS) is 12.8. The number of nitrogens with zero attached hydrogens (tertiary/aromatic N) is 1. The molecule has 0 bridgehead atoms. The quantitative estimate of drug-likeness (QED) is 0.830. The Morgan fingerprint density at radius 1 is 1.35 bits per heavy atom. The first kappa shape index (κ1) is 14.4. The molecular weight excluding hydrogens is 302 g/mol. The number of sulfonamides is 1. The maximum atomic E-state index is 11.8. The minimum atomic E-state index is -3.50. The third-order valence-corrected chi connectivity index (χ3v) is 4.44. The molecule has 94 valence electrons. The molecule has 0 fully saturated rings. The minimum Gasteiger partial charge on any atom is -0.544 e. The highest BCUT2D eigenvalue weighted by Crippen LogP contribution is 2.18. The van der Waals surface area contributed by atoms with Crippen molar-refractivity contribution in [1.29, 1.82) is 0 Å². The SMILES string of the molecule is C/C(=C\Br)CC[N-]S(=O)(=O)c1ccc(C)cc1. The molecule has 0 aliphatic heterocycles. The van der Waals surface area contributed by atoms with Crippen LogP contribution in [0.15, 0.2) is 39.7 Å². The summed E-state index contributed by atoms with van der Waals surface area (Å²) in [5, 5.41) is 0. The third kappa shape index (κ3) is 4.61. The van der Waals surface area contributed by atoms with E-state index < -0.39 is 10.0 Å². The Balaban J connectivity index is 2.66. The fraction of sp³-hybridized carbons (Fsp3) is 0.333. The van der Waals surface area contributed by atoms with Crippen LogP contribution in [-0.2, 0) is 10.0 Å². The summed E-state index contributed by atoms with van der Waals surface area (Å²) in [5.74, 6) is 0. The standard InChI is InChI=1S/C12H15BrNO2S/c1-10-3-5-12(6-4-10)17(15,16)14-8-7-11(2)9-13/h3-6,9H,7-8H2,1-2H3/q-1/b11-9+. The lowest BCUT2D eigenvalue weighted by molar-refractivity contribution is 0.601. The highest BCUT2D eigenvalue weighted by Gasteiger charge is 2.02. The second-order valence-electron chi connectivity index (χ2n) is 3.85. The zero-order valence-corrected chi connectivity index (χ0v) is 12.3. The molecule has 3 nitrogen and oxygen atoms in total. The predicted octanol–water partition coefficient (Wildman–Crippen LogP) is 3.75. The summed E-state index contributed by atoms with van der Waals surface area (Å²) in [5.41, 5.74) is 2.09. The van der Waals surface area contributed by atoms with E-state index in [-0.39, 0.29) is 11.4 Å². The van der Waals surface area contributed by atoms with Crippen LogP contribution in [0.4, 0.5) is 0 Å². The van der Waals surface area contributed by atoms with E-state index in [9.17, 15) is 8.42 Å². The third-order valence-electron chi connectivity index (χ3n) is 2.27. The van der Waals surface area contributed by atoms with Gasteiger partial charge < -0.3 is 4.72 Å². The van der Waals surface area contributed by atoms with Crippen LogP contribution in [0.1, 0.15) is 18.9 Å². The molecule has 0 atom stereocenters. The van der Waals surface area contributed by atoms with Gasteiger partial charge in [-0.05, 0) is 37.4 Å². The molecule has 0 unspecified atom stereocenters. The Morgan fingerprint density at radius 2 is 1.94 bits per heavy atom. The molecule has 0 heterocycles. The molecule has 1 aromatic carbocycles. The Kier molecular flexibility index (Phi) is 5.36. The van der Waals surface area contributed by atoms with Crippen LogP contribution in [0.25, 0.3) is 4.72 Å². The van der Waals surface area contributed by atoms with Gasteiger partial charge in [-0.25, -0.2) is 8.42 Å². The summed E-state index contributed by atoms with van der Waals surface area (Å²) in [6.45, 7) is 4.12. The van der Waals surface area contributed by atoms with Gasteiger partial charge in [-0.2, -0.15) is 0 Å². The number of halogens is 1. The van der Waals surface area contributed by atoms with Crippen LogP contribution < -0.4 is 0 Å². The van der Waals surface area contributed by atoms with Crippen molar-refractivity contribution in [1.82, 2.24) is 0 Å². The molecule has 0 aliphatic rings. The maximum Gasteiger partial charge on any atom is 0.101 e. The Bertz CT molecular complexity index is 492. The maximum absolute atomic E-state index is 11.8. The molecule has 0 saturated carbocycles. The molecule has 0 aliphatic carbocycles. The van der Waals surface area contributed by atoms with Crippen molar-refractivity contribution >= 4 is 26.0 Å². The molecule has 0 aromatic heterocycles. The predicted molar refractivity (Wildman–Crippen MR) is 73.9 cm³/mol. The summed E-state index contributed by atoms with van der Waals surface area (Å²) < 4.78 is 27.4. The first-order valence-electron chi connectivity index (χ1n) is 5.22. The summed E-state index contributed by atoms with van der Waals surface area (Å²) in [6.07, 6.45) is 0.635. The van der Waals surface area contributed by atoms with E-state index in [1.54, 1.807) is 29.3 Å². The van der Waals surface area contributed by atoms with Gasteiger partial charge in [-0.3, -0.25) is 0 Å². The zero-order valence-electron chi connectivity index (χ0n) is 9.85. The number of benzene rings is 1. The highest BCUT2D eigenvalue weighted by molar-refractivity contribution is 9.11. The van der Waals surface area contributed by atoms with Crippen LogP contribution in [0.5, 0.6) is 0 Å². The van der Waals surface area contributed by atoms with Crippen molar-refractivity contribution in [2.24, 2.45) is 0 Å². The van der Waals surface area contributed by atoms with E-state index >= 15 is 0 Å². The average molecular weight is 317 g/mol. The van der Waals surface area contributed by atoms with Crippen molar-refractivity contribution in [2.45, 2.75) is 25.2 Å². The average Bonchev–Trinajstić information content (AvgIpc) is 2.29. The van der Waals surface area contributed by atoms with E-state index in [0.29, 0.717) is 6.42 Å². The van der Waals surface area contributed by atoms with Gasteiger partial charge in [0.25, 0.3) is 0 Å². The van der Waals surface area contributed by atoms with Gasteiger partial charge in [0.1, 0.15) is 10.0 Å². The van der Waals surface area contributed by atoms with Gasteiger partial charge in [-0.15, -0.1) is 6.54 Å². The monoisotopic (exact) mass is 316 g/mol. The lowest BCUT2D eigenvalue weighted by atomic mass is 10.2. The Hall–Kier alpha value is -0.650. The molecule has 0 saturated heterocycles. The number of hydrogen-bond acceptors (Lipinski definition) is 2. The van der Waals surface area contributed by atoms with E-state index in [1.807, 2.05) is 13.8 Å². The van der Waals surface area contributed by atoms with E-state index in [1.165, 1.54) is 0 Å². The second-order valence-corrected chi connectivity index (χ2v) is 5.98. The molecule has 0 amide bonds. The highest BCUT2D eigenvalue weighted by atomic mass is 79.9. The fourth-order valence-electron chi connectivity index (χ4n) is 1.18. The molecule has 0 radical (unpaired) electrons.